The zero-order valence-electron chi connectivity index (χ0n) is 12.5. The van der Waals surface area contributed by atoms with Crippen molar-refractivity contribution in [2.45, 2.75) is 6.92 Å². The van der Waals surface area contributed by atoms with Gasteiger partial charge in [-0.25, -0.2) is 14.2 Å². The summed E-state index contributed by atoms with van der Waals surface area (Å²) in [5.74, 6) is -0.698. The molecular weight excluding hydrogens is 313 g/mol. The Hall–Kier alpha value is -2.53. The Labute approximate surface area is 137 Å². The molecule has 0 saturated carbocycles. The summed E-state index contributed by atoms with van der Waals surface area (Å²) in [6, 6.07) is 15.5. The first-order chi connectivity index (χ1) is 11.2. The topological polar surface area (TPSA) is 39.2 Å². The van der Waals surface area contributed by atoms with Gasteiger partial charge in [-0.05, 0) is 31.2 Å². The summed E-state index contributed by atoms with van der Waals surface area (Å²) in [4.78, 5) is 17.3. The first-order valence-electron chi connectivity index (χ1n) is 7.18. The highest BCUT2D eigenvalue weighted by atomic mass is 32.1. The average molecular weight is 327 g/mol. The van der Waals surface area contributed by atoms with Gasteiger partial charge in [-0.15, -0.1) is 11.3 Å². The molecule has 0 spiro atoms. The van der Waals surface area contributed by atoms with Crippen molar-refractivity contribution in [2.75, 3.05) is 6.61 Å². The van der Waals surface area contributed by atoms with Gasteiger partial charge in [-0.2, -0.15) is 0 Å². The number of aromatic nitrogens is 1. The smallest absolute Gasteiger partial charge is 0.350 e. The van der Waals surface area contributed by atoms with Crippen molar-refractivity contribution in [1.29, 1.82) is 0 Å². The molecule has 0 unspecified atom stereocenters. The molecule has 0 radical (unpaired) electrons. The summed E-state index contributed by atoms with van der Waals surface area (Å²) in [6.07, 6.45) is 0. The van der Waals surface area contributed by atoms with Crippen molar-refractivity contribution in [3.63, 3.8) is 0 Å². The molecule has 0 amide bonds. The van der Waals surface area contributed by atoms with Crippen molar-refractivity contribution in [2.24, 2.45) is 0 Å². The Balaban J connectivity index is 2.10. The van der Waals surface area contributed by atoms with Crippen molar-refractivity contribution in [1.82, 2.24) is 4.98 Å². The van der Waals surface area contributed by atoms with Crippen LogP contribution in [-0.2, 0) is 4.74 Å². The van der Waals surface area contributed by atoms with Crippen LogP contribution in [0.5, 0.6) is 0 Å². The monoisotopic (exact) mass is 327 g/mol. The van der Waals surface area contributed by atoms with E-state index in [0.717, 1.165) is 11.1 Å². The van der Waals surface area contributed by atoms with Gasteiger partial charge in [0.25, 0.3) is 0 Å². The van der Waals surface area contributed by atoms with E-state index in [-0.39, 0.29) is 5.82 Å². The van der Waals surface area contributed by atoms with Gasteiger partial charge < -0.3 is 4.74 Å². The summed E-state index contributed by atoms with van der Waals surface area (Å²) >= 11 is 1.25. The van der Waals surface area contributed by atoms with Crippen LogP contribution in [0.15, 0.2) is 54.6 Å². The SMILES string of the molecule is CCOC(=O)c1sc(-c2ccc(F)cc2)nc1-c1ccccc1. The van der Waals surface area contributed by atoms with Crippen molar-refractivity contribution in [3.05, 3.63) is 65.3 Å². The lowest BCUT2D eigenvalue weighted by Gasteiger charge is -2.01. The highest BCUT2D eigenvalue weighted by molar-refractivity contribution is 7.17. The largest absolute Gasteiger partial charge is 0.462 e. The average Bonchev–Trinajstić information content (AvgIpc) is 3.02. The number of esters is 1. The zero-order valence-corrected chi connectivity index (χ0v) is 13.3. The first kappa shape index (κ1) is 15.4. The maximum Gasteiger partial charge on any atom is 0.350 e. The van der Waals surface area contributed by atoms with Crippen LogP contribution in [0.1, 0.15) is 16.6 Å². The van der Waals surface area contributed by atoms with E-state index in [1.165, 1.54) is 23.5 Å². The summed E-state index contributed by atoms with van der Waals surface area (Å²) in [7, 11) is 0. The van der Waals surface area contributed by atoms with Gasteiger partial charge in [0.05, 0.1) is 12.3 Å². The molecule has 5 heteroatoms. The highest BCUT2D eigenvalue weighted by Crippen LogP contribution is 2.34. The molecule has 0 fully saturated rings. The first-order valence-corrected chi connectivity index (χ1v) is 8.00. The van der Waals surface area contributed by atoms with E-state index in [1.54, 1.807) is 19.1 Å². The molecule has 0 atom stereocenters. The second kappa shape index (κ2) is 6.71. The zero-order chi connectivity index (χ0) is 16.2. The van der Waals surface area contributed by atoms with Crippen molar-refractivity contribution < 1.29 is 13.9 Å². The minimum Gasteiger partial charge on any atom is -0.462 e. The molecule has 116 valence electrons. The number of carbonyl (C=O) groups is 1. The Kier molecular flexibility index (Phi) is 4.48. The highest BCUT2D eigenvalue weighted by Gasteiger charge is 2.21. The van der Waals surface area contributed by atoms with Crippen LogP contribution in [0.25, 0.3) is 21.8 Å². The number of thiazole rings is 1. The summed E-state index contributed by atoms with van der Waals surface area (Å²) in [5, 5.41) is 0.659. The van der Waals surface area contributed by atoms with Gasteiger partial charge in [0.2, 0.25) is 0 Å². The molecule has 1 aromatic heterocycles. The van der Waals surface area contributed by atoms with Gasteiger partial charge in [-0.1, -0.05) is 30.3 Å². The number of carbonyl (C=O) groups excluding carboxylic acids is 1. The molecule has 23 heavy (non-hydrogen) atoms. The third kappa shape index (κ3) is 3.29. The fraction of sp³-hybridized carbons (Fsp3) is 0.111. The number of hydrogen-bond donors (Lipinski definition) is 0. The lowest BCUT2D eigenvalue weighted by Crippen LogP contribution is -2.03. The lowest BCUT2D eigenvalue weighted by molar-refractivity contribution is 0.0532. The van der Waals surface area contributed by atoms with Crippen molar-refractivity contribution in [3.8, 4) is 21.8 Å². The van der Waals surface area contributed by atoms with E-state index < -0.39 is 5.97 Å². The predicted molar refractivity (Wildman–Crippen MR) is 88.9 cm³/mol. The van der Waals surface area contributed by atoms with Crippen LogP contribution in [0.4, 0.5) is 4.39 Å². The van der Waals surface area contributed by atoms with Crippen LogP contribution in [0.2, 0.25) is 0 Å². The third-order valence-corrected chi connectivity index (χ3v) is 4.31. The molecule has 0 aliphatic carbocycles. The van der Waals surface area contributed by atoms with E-state index in [1.807, 2.05) is 30.3 Å². The van der Waals surface area contributed by atoms with Crippen molar-refractivity contribution >= 4 is 17.3 Å². The van der Waals surface area contributed by atoms with Gasteiger partial charge in [0, 0.05) is 11.1 Å². The Morgan fingerprint density at radius 1 is 1.09 bits per heavy atom. The van der Waals surface area contributed by atoms with Gasteiger partial charge in [-0.3, -0.25) is 0 Å². The third-order valence-electron chi connectivity index (χ3n) is 3.23. The van der Waals surface area contributed by atoms with E-state index in [2.05, 4.69) is 4.98 Å². The number of rotatable bonds is 4. The molecule has 3 aromatic rings. The lowest BCUT2D eigenvalue weighted by atomic mass is 10.1. The molecule has 2 aromatic carbocycles. The van der Waals surface area contributed by atoms with Crippen LogP contribution in [0.3, 0.4) is 0 Å². The summed E-state index contributed by atoms with van der Waals surface area (Å²) in [5.41, 5.74) is 2.21. The summed E-state index contributed by atoms with van der Waals surface area (Å²) < 4.78 is 18.2. The minimum absolute atomic E-state index is 0.302. The molecule has 3 rings (SSSR count). The van der Waals surface area contributed by atoms with E-state index in [9.17, 15) is 9.18 Å². The molecule has 0 bridgehead atoms. The summed E-state index contributed by atoms with van der Waals surface area (Å²) in [6.45, 7) is 2.07. The molecule has 3 nitrogen and oxygen atoms in total. The van der Waals surface area contributed by atoms with Gasteiger partial charge in [0.1, 0.15) is 15.7 Å². The second-order valence-corrected chi connectivity index (χ2v) is 5.79. The molecule has 0 N–H and O–H groups in total. The Morgan fingerprint density at radius 2 is 1.78 bits per heavy atom. The van der Waals surface area contributed by atoms with Gasteiger partial charge >= 0.3 is 5.97 Å². The number of benzene rings is 2. The Morgan fingerprint density at radius 3 is 2.43 bits per heavy atom. The molecule has 0 saturated heterocycles. The standard InChI is InChI=1S/C18H14FNO2S/c1-2-22-18(21)16-15(12-6-4-3-5-7-12)20-17(23-16)13-8-10-14(19)11-9-13/h3-11H,2H2,1H3. The van der Waals surface area contributed by atoms with E-state index >= 15 is 0 Å². The maximum atomic E-state index is 13.1. The van der Waals surface area contributed by atoms with Crippen LogP contribution in [0, 0.1) is 5.82 Å². The molecule has 0 aliphatic rings. The van der Waals surface area contributed by atoms with E-state index in [0.29, 0.717) is 22.2 Å². The molecule has 0 aliphatic heterocycles. The maximum absolute atomic E-state index is 13.1. The molecular formula is C18H14FNO2S. The normalized spacial score (nSPS) is 10.5. The number of hydrogen-bond acceptors (Lipinski definition) is 4. The predicted octanol–water partition coefficient (Wildman–Crippen LogP) is 4.79. The number of ether oxygens (including phenoxy) is 1. The van der Waals surface area contributed by atoms with E-state index in [4.69, 9.17) is 4.74 Å². The molecule has 1 heterocycles. The van der Waals surface area contributed by atoms with Crippen LogP contribution < -0.4 is 0 Å². The number of halogens is 1. The quantitative estimate of drug-likeness (QED) is 0.647. The van der Waals surface area contributed by atoms with Crippen LogP contribution in [-0.4, -0.2) is 17.6 Å². The second-order valence-electron chi connectivity index (χ2n) is 4.79. The fourth-order valence-corrected chi connectivity index (χ4v) is 3.15. The Bertz CT molecular complexity index is 813. The fourth-order valence-electron chi connectivity index (χ4n) is 2.16. The van der Waals surface area contributed by atoms with Gasteiger partial charge in [0.15, 0.2) is 0 Å². The van der Waals surface area contributed by atoms with Crippen LogP contribution >= 0.6 is 11.3 Å². The minimum atomic E-state index is -0.391. The number of nitrogens with zero attached hydrogens (tertiary/aromatic N) is 1.